The molecule has 2 rings (SSSR count). The molecule has 26 heavy (non-hydrogen) atoms. The maximum absolute atomic E-state index is 12.8. The number of carbonyl (C=O) groups excluding carboxylic acids is 2. The SMILES string of the molecule is C=CCc1ccc(OCC(=O)NNC(=O)c2ccc(F)cc2)c(OC)c1. The van der Waals surface area contributed by atoms with Crippen LogP contribution in [0.15, 0.2) is 55.1 Å². The highest BCUT2D eigenvalue weighted by molar-refractivity contribution is 5.95. The topological polar surface area (TPSA) is 76.7 Å². The summed E-state index contributed by atoms with van der Waals surface area (Å²) in [5.74, 6) is -0.678. The first-order valence-electron chi connectivity index (χ1n) is 7.79. The lowest BCUT2D eigenvalue weighted by Crippen LogP contribution is -2.43. The Hall–Kier alpha value is -3.35. The molecule has 2 aromatic rings. The van der Waals surface area contributed by atoms with Gasteiger partial charge in [-0.05, 0) is 48.4 Å². The van der Waals surface area contributed by atoms with Gasteiger partial charge in [0.05, 0.1) is 7.11 Å². The number of methoxy groups -OCH3 is 1. The van der Waals surface area contributed by atoms with Crippen LogP contribution in [0.2, 0.25) is 0 Å². The summed E-state index contributed by atoms with van der Waals surface area (Å²) in [4.78, 5) is 23.6. The van der Waals surface area contributed by atoms with E-state index in [2.05, 4.69) is 17.4 Å². The van der Waals surface area contributed by atoms with Crippen molar-refractivity contribution >= 4 is 11.8 Å². The molecule has 7 heteroatoms. The minimum atomic E-state index is -0.565. The van der Waals surface area contributed by atoms with Crippen LogP contribution in [0.4, 0.5) is 4.39 Å². The van der Waals surface area contributed by atoms with E-state index in [1.165, 1.54) is 19.2 Å². The average molecular weight is 358 g/mol. The first-order valence-corrected chi connectivity index (χ1v) is 7.79. The lowest BCUT2D eigenvalue weighted by Gasteiger charge is -2.12. The molecule has 0 spiro atoms. The monoisotopic (exact) mass is 358 g/mol. The van der Waals surface area contributed by atoms with Crippen LogP contribution >= 0.6 is 0 Å². The molecule has 0 aromatic heterocycles. The summed E-state index contributed by atoms with van der Waals surface area (Å²) in [7, 11) is 1.50. The fourth-order valence-electron chi connectivity index (χ4n) is 2.10. The van der Waals surface area contributed by atoms with Crippen molar-refractivity contribution in [2.24, 2.45) is 0 Å². The van der Waals surface area contributed by atoms with E-state index < -0.39 is 17.6 Å². The molecule has 0 aliphatic carbocycles. The Bertz CT molecular complexity index is 791. The second-order valence-electron chi connectivity index (χ2n) is 5.28. The van der Waals surface area contributed by atoms with Crippen molar-refractivity contribution in [3.63, 3.8) is 0 Å². The van der Waals surface area contributed by atoms with Gasteiger partial charge in [-0.1, -0.05) is 12.1 Å². The number of ether oxygens (including phenoxy) is 2. The van der Waals surface area contributed by atoms with Crippen molar-refractivity contribution < 1.29 is 23.5 Å². The Morgan fingerprint density at radius 3 is 2.50 bits per heavy atom. The van der Waals surface area contributed by atoms with Crippen LogP contribution in [-0.2, 0) is 11.2 Å². The molecule has 0 saturated heterocycles. The number of allylic oxidation sites excluding steroid dienone is 1. The molecule has 0 saturated carbocycles. The lowest BCUT2D eigenvalue weighted by molar-refractivity contribution is -0.123. The molecule has 0 aliphatic heterocycles. The van der Waals surface area contributed by atoms with Gasteiger partial charge in [0, 0.05) is 5.56 Å². The van der Waals surface area contributed by atoms with E-state index >= 15 is 0 Å². The molecule has 2 N–H and O–H groups in total. The third kappa shape index (κ3) is 5.34. The number of carbonyl (C=O) groups is 2. The van der Waals surface area contributed by atoms with Crippen molar-refractivity contribution in [2.45, 2.75) is 6.42 Å². The molecular formula is C19H19FN2O4. The highest BCUT2D eigenvalue weighted by atomic mass is 19.1. The van der Waals surface area contributed by atoms with E-state index in [0.29, 0.717) is 17.9 Å². The Kier molecular flexibility index (Phi) is 6.73. The highest BCUT2D eigenvalue weighted by Gasteiger charge is 2.10. The molecule has 0 unspecified atom stereocenters. The Labute approximate surface area is 150 Å². The molecule has 0 bridgehead atoms. The van der Waals surface area contributed by atoms with Crippen LogP contribution in [0.1, 0.15) is 15.9 Å². The van der Waals surface area contributed by atoms with E-state index in [1.54, 1.807) is 18.2 Å². The molecule has 0 fully saturated rings. The molecule has 0 heterocycles. The molecule has 2 amide bonds. The van der Waals surface area contributed by atoms with Crippen molar-refractivity contribution in [1.82, 2.24) is 10.9 Å². The molecule has 2 aromatic carbocycles. The minimum absolute atomic E-state index is 0.215. The fraction of sp³-hybridized carbons (Fsp3) is 0.158. The van der Waals surface area contributed by atoms with Crippen molar-refractivity contribution in [3.8, 4) is 11.5 Å². The van der Waals surface area contributed by atoms with Gasteiger partial charge in [0.2, 0.25) is 0 Å². The standard InChI is InChI=1S/C19H19FN2O4/c1-3-4-13-5-10-16(17(11-13)25-2)26-12-18(23)21-22-19(24)14-6-8-15(20)9-7-14/h3,5-11H,1,4,12H2,2H3,(H,21,23)(H,22,24). The van der Waals surface area contributed by atoms with Gasteiger partial charge in [0.15, 0.2) is 18.1 Å². The first-order chi connectivity index (χ1) is 12.5. The Morgan fingerprint density at radius 2 is 1.85 bits per heavy atom. The van der Waals surface area contributed by atoms with Gasteiger partial charge in [-0.15, -0.1) is 6.58 Å². The third-order valence-electron chi connectivity index (χ3n) is 3.39. The number of halogens is 1. The summed E-state index contributed by atoms with van der Waals surface area (Å²) in [6.45, 7) is 3.36. The van der Waals surface area contributed by atoms with Gasteiger partial charge in [-0.2, -0.15) is 0 Å². The minimum Gasteiger partial charge on any atom is -0.493 e. The van der Waals surface area contributed by atoms with Crippen LogP contribution < -0.4 is 20.3 Å². The number of amides is 2. The predicted molar refractivity (Wildman–Crippen MR) is 94.4 cm³/mol. The number of benzene rings is 2. The highest BCUT2D eigenvalue weighted by Crippen LogP contribution is 2.28. The third-order valence-corrected chi connectivity index (χ3v) is 3.39. The van der Waals surface area contributed by atoms with E-state index in [1.807, 2.05) is 6.07 Å². The fourth-order valence-corrected chi connectivity index (χ4v) is 2.10. The molecular weight excluding hydrogens is 339 g/mol. The summed E-state index contributed by atoms with van der Waals surface area (Å²) in [5.41, 5.74) is 5.66. The zero-order valence-corrected chi connectivity index (χ0v) is 14.3. The zero-order valence-electron chi connectivity index (χ0n) is 14.3. The maximum atomic E-state index is 12.8. The van der Waals surface area contributed by atoms with Crippen LogP contribution in [0.3, 0.4) is 0 Å². The lowest BCUT2D eigenvalue weighted by atomic mass is 10.1. The zero-order chi connectivity index (χ0) is 18.9. The van der Waals surface area contributed by atoms with Crippen molar-refractivity contribution in [1.29, 1.82) is 0 Å². The first kappa shape index (κ1) is 19.0. The van der Waals surface area contributed by atoms with Gasteiger partial charge in [0.1, 0.15) is 5.82 Å². The summed E-state index contributed by atoms with van der Waals surface area (Å²) in [5, 5.41) is 0. The smallest absolute Gasteiger partial charge is 0.276 e. The second-order valence-corrected chi connectivity index (χ2v) is 5.28. The van der Waals surface area contributed by atoms with Gasteiger partial charge >= 0.3 is 0 Å². The molecule has 6 nitrogen and oxygen atoms in total. The maximum Gasteiger partial charge on any atom is 0.276 e. The molecule has 0 radical (unpaired) electrons. The number of hydrogen-bond acceptors (Lipinski definition) is 4. The quantitative estimate of drug-likeness (QED) is 0.589. The molecule has 0 aliphatic rings. The molecule has 136 valence electrons. The Balaban J connectivity index is 1.85. The summed E-state index contributed by atoms with van der Waals surface area (Å²) in [6.07, 6.45) is 2.46. The molecule has 0 atom stereocenters. The van der Waals surface area contributed by atoms with Crippen LogP contribution in [0.25, 0.3) is 0 Å². The van der Waals surface area contributed by atoms with E-state index in [0.717, 1.165) is 17.7 Å². The predicted octanol–water partition coefficient (Wildman–Crippen LogP) is 2.40. The second kappa shape index (κ2) is 9.22. The summed E-state index contributed by atoms with van der Waals surface area (Å²) >= 11 is 0. The van der Waals surface area contributed by atoms with Gasteiger partial charge < -0.3 is 9.47 Å². The summed E-state index contributed by atoms with van der Waals surface area (Å²) in [6, 6.07) is 10.3. The normalized spacial score (nSPS) is 9.92. The van der Waals surface area contributed by atoms with Gasteiger partial charge in [0.25, 0.3) is 11.8 Å². The van der Waals surface area contributed by atoms with E-state index in [9.17, 15) is 14.0 Å². The Morgan fingerprint density at radius 1 is 1.12 bits per heavy atom. The van der Waals surface area contributed by atoms with Crippen molar-refractivity contribution in [3.05, 3.63) is 72.1 Å². The average Bonchev–Trinajstić information content (AvgIpc) is 2.65. The van der Waals surface area contributed by atoms with E-state index in [4.69, 9.17) is 9.47 Å². The van der Waals surface area contributed by atoms with Gasteiger partial charge in [-0.3, -0.25) is 20.4 Å². The van der Waals surface area contributed by atoms with Crippen LogP contribution in [0.5, 0.6) is 11.5 Å². The number of rotatable bonds is 7. The largest absolute Gasteiger partial charge is 0.493 e. The van der Waals surface area contributed by atoms with Crippen molar-refractivity contribution in [2.75, 3.05) is 13.7 Å². The summed E-state index contributed by atoms with van der Waals surface area (Å²) < 4.78 is 23.5. The van der Waals surface area contributed by atoms with E-state index in [-0.39, 0.29) is 12.2 Å². The number of hydrogen-bond donors (Lipinski definition) is 2. The van der Waals surface area contributed by atoms with Crippen LogP contribution in [-0.4, -0.2) is 25.5 Å². The number of nitrogens with one attached hydrogen (secondary N) is 2. The van der Waals surface area contributed by atoms with Crippen LogP contribution in [0, 0.1) is 5.82 Å². The number of hydrazine groups is 1. The van der Waals surface area contributed by atoms with Gasteiger partial charge in [-0.25, -0.2) is 4.39 Å².